The first kappa shape index (κ1) is 17.3. The number of nitrogens with zero attached hydrogens (tertiary/aromatic N) is 1. The molecule has 0 unspecified atom stereocenters. The number of carbonyl (C=O) groups excluding carboxylic acids is 1. The van der Waals surface area contributed by atoms with Gasteiger partial charge in [0.05, 0.1) is 16.3 Å². The van der Waals surface area contributed by atoms with E-state index in [2.05, 4.69) is 10.5 Å². The highest BCUT2D eigenvalue weighted by molar-refractivity contribution is 6.43. The monoisotopic (exact) mass is 350 g/mol. The van der Waals surface area contributed by atoms with E-state index in [1.807, 2.05) is 32.0 Å². The normalized spacial score (nSPS) is 10.8. The van der Waals surface area contributed by atoms with E-state index in [0.717, 1.165) is 11.1 Å². The van der Waals surface area contributed by atoms with Gasteiger partial charge in [0.15, 0.2) is 6.61 Å². The summed E-state index contributed by atoms with van der Waals surface area (Å²) in [5.74, 6) is 0.290. The predicted octanol–water partition coefficient (Wildman–Crippen LogP) is 4.14. The Morgan fingerprint density at radius 3 is 2.61 bits per heavy atom. The summed E-state index contributed by atoms with van der Waals surface area (Å²) in [5, 5.41) is 4.66. The Bertz CT molecular complexity index is 725. The Labute approximate surface area is 145 Å². The van der Waals surface area contributed by atoms with Crippen molar-refractivity contribution in [2.75, 3.05) is 6.61 Å². The van der Waals surface area contributed by atoms with Crippen LogP contribution in [0, 0.1) is 13.8 Å². The van der Waals surface area contributed by atoms with Crippen LogP contribution in [0.1, 0.15) is 16.7 Å². The number of ether oxygens (including phenoxy) is 1. The highest BCUT2D eigenvalue weighted by atomic mass is 35.5. The summed E-state index contributed by atoms with van der Waals surface area (Å²) < 4.78 is 5.44. The Balaban J connectivity index is 1.87. The minimum Gasteiger partial charge on any atom is -0.484 e. The predicted molar refractivity (Wildman–Crippen MR) is 93.6 cm³/mol. The van der Waals surface area contributed by atoms with Crippen LogP contribution in [-0.4, -0.2) is 18.7 Å². The fraction of sp³-hybridized carbons (Fsp3) is 0.176. The van der Waals surface area contributed by atoms with E-state index in [1.54, 1.807) is 18.2 Å². The van der Waals surface area contributed by atoms with Crippen molar-refractivity contribution in [2.24, 2.45) is 5.10 Å². The summed E-state index contributed by atoms with van der Waals surface area (Å²) in [6.07, 6.45) is 1.43. The molecule has 0 aliphatic rings. The zero-order valence-electron chi connectivity index (χ0n) is 12.8. The number of hydrazone groups is 1. The molecule has 1 amide bonds. The Morgan fingerprint density at radius 2 is 1.91 bits per heavy atom. The van der Waals surface area contributed by atoms with E-state index in [9.17, 15) is 4.79 Å². The van der Waals surface area contributed by atoms with E-state index in [0.29, 0.717) is 21.4 Å². The maximum absolute atomic E-state index is 11.7. The fourth-order valence-corrected chi connectivity index (χ4v) is 2.35. The Kier molecular flexibility index (Phi) is 6.02. The summed E-state index contributed by atoms with van der Waals surface area (Å²) >= 11 is 11.9. The number of halogens is 2. The molecular weight excluding hydrogens is 335 g/mol. The number of hydrogen-bond acceptors (Lipinski definition) is 3. The molecule has 0 radical (unpaired) electrons. The zero-order chi connectivity index (χ0) is 16.8. The number of nitrogens with one attached hydrogen (secondary N) is 1. The molecule has 0 fully saturated rings. The SMILES string of the molecule is Cc1cc(C)cc(OCC(=O)NN=Cc2cccc(Cl)c2Cl)c1. The summed E-state index contributed by atoms with van der Waals surface area (Å²) in [6, 6.07) is 10.9. The van der Waals surface area contributed by atoms with Crippen molar-refractivity contribution < 1.29 is 9.53 Å². The standard InChI is InChI=1S/C17H16Cl2N2O2/c1-11-6-12(2)8-14(7-11)23-10-16(22)21-20-9-13-4-3-5-15(18)17(13)19/h3-9H,10H2,1-2H3,(H,21,22). The van der Waals surface area contributed by atoms with Crippen molar-refractivity contribution in [3.05, 3.63) is 63.1 Å². The van der Waals surface area contributed by atoms with Crippen LogP contribution in [0.25, 0.3) is 0 Å². The van der Waals surface area contributed by atoms with E-state index >= 15 is 0 Å². The lowest BCUT2D eigenvalue weighted by molar-refractivity contribution is -0.123. The average molecular weight is 351 g/mol. The van der Waals surface area contributed by atoms with Gasteiger partial charge in [-0.25, -0.2) is 5.43 Å². The van der Waals surface area contributed by atoms with Gasteiger partial charge in [0.1, 0.15) is 5.75 Å². The molecule has 0 atom stereocenters. The van der Waals surface area contributed by atoms with Crippen LogP contribution in [0.3, 0.4) is 0 Å². The summed E-state index contributed by atoms with van der Waals surface area (Å²) in [5.41, 5.74) is 5.16. The van der Waals surface area contributed by atoms with Gasteiger partial charge in [-0.1, -0.05) is 41.4 Å². The van der Waals surface area contributed by atoms with Crippen molar-refractivity contribution in [3.63, 3.8) is 0 Å². The van der Waals surface area contributed by atoms with Crippen molar-refractivity contribution >= 4 is 35.3 Å². The lowest BCUT2D eigenvalue weighted by Crippen LogP contribution is -2.24. The van der Waals surface area contributed by atoms with Crippen molar-refractivity contribution in [3.8, 4) is 5.75 Å². The van der Waals surface area contributed by atoms with Crippen LogP contribution >= 0.6 is 23.2 Å². The van der Waals surface area contributed by atoms with Crippen molar-refractivity contribution in [1.29, 1.82) is 0 Å². The number of rotatable bonds is 5. The first-order valence-corrected chi connectivity index (χ1v) is 7.68. The van der Waals surface area contributed by atoms with Crippen LogP contribution in [0.2, 0.25) is 10.0 Å². The third kappa shape index (κ3) is 5.27. The second-order valence-corrected chi connectivity index (χ2v) is 5.83. The van der Waals surface area contributed by atoms with E-state index in [-0.39, 0.29) is 12.5 Å². The number of aryl methyl sites for hydroxylation is 2. The second kappa shape index (κ2) is 7.99. The largest absolute Gasteiger partial charge is 0.484 e. The van der Waals surface area contributed by atoms with Gasteiger partial charge in [-0.15, -0.1) is 0 Å². The molecule has 2 aromatic rings. The van der Waals surface area contributed by atoms with Gasteiger partial charge in [-0.05, 0) is 43.2 Å². The zero-order valence-corrected chi connectivity index (χ0v) is 14.3. The molecule has 0 saturated heterocycles. The molecule has 0 bridgehead atoms. The maximum atomic E-state index is 11.7. The summed E-state index contributed by atoms with van der Waals surface area (Å²) in [4.78, 5) is 11.7. The van der Waals surface area contributed by atoms with Gasteiger partial charge in [-0.3, -0.25) is 4.79 Å². The summed E-state index contributed by atoms with van der Waals surface area (Å²) in [6.45, 7) is 3.82. The highest BCUT2D eigenvalue weighted by Crippen LogP contribution is 2.24. The molecule has 120 valence electrons. The molecule has 0 heterocycles. The molecule has 2 rings (SSSR count). The van der Waals surface area contributed by atoms with Crippen molar-refractivity contribution in [1.82, 2.24) is 5.43 Å². The number of carbonyl (C=O) groups is 1. The quantitative estimate of drug-likeness (QED) is 0.650. The molecule has 23 heavy (non-hydrogen) atoms. The molecule has 0 aliphatic heterocycles. The summed E-state index contributed by atoms with van der Waals surface area (Å²) in [7, 11) is 0. The van der Waals surface area contributed by atoms with Gasteiger partial charge in [-0.2, -0.15) is 5.10 Å². The number of hydrogen-bond donors (Lipinski definition) is 1. The molecule has 1 N–H and O–H groups in total. The molecular formula is C17H16Cl2N2O2. The molecule has 2 aromatic carbocycles. The number of benzene rings is 2. The number of amides is 1. The van der Waals surface area contributed by atoms with E-state index in [1.165, 1.54) is 6.21 Å². The van der Waals surface area contributed by atoms with Gasteiger partial charge in [0.2, 0.25) is 0 Å². The van der Waals surface area contributed by atoms with Crippen LogP contribution in [0.4, 0.5) is 0 Å². The molecule has 0 saturated carbocycles. The lowest BCUT2D eigenvalue weighted by Gasteiger charge is -2.07. The van der Waals surface area contributed by atoms with Gasteiger partial charge >= 0.3 is 0 Å². The van der Waals surface area contributed by atoms with Crippen LogP contribution < -0.4 is 10.2 Å². The molecule has 0 spiro atoms. The van der Waals surface area contributed by atoms with Gasteiger partial charge < -0.3 is 4.74 Å². The minimum atomic E-state index is -0.362. The Hall–Kier alpha value is -2.04. The van der Waals surface area contributed by atoms with E-state index < -0.39 is 0 Å². The van der Waals surface area contributed by atoms with E-state index in [4.69, 9.17) is 27.9 Å². The third-order valence-corrected chi connectivity index (χ3v) is 3.77. The fourth-order valence-electron chi connectivity index (χ4n) is 1.99. The molecule has 0 aliphatic carbocycles. The lowest BCUT2D eigenvalue weighted by atomic mass is 10.1. The van der Waals surface area contributed by atoms with Crippen molar-refractivity contribution in [2.45, 2.75) is 13.8 Å². The molecule has 0 aromatic heterocycles. The Morgan fingerprint density at radius 1 is 1.22 bits per heavy atom. The van der Waals surface area contributed by atoms with Crippen LogP contribution in [0.15, 0.2) is 41.5 Å². The maximum Gasteiger partial charge on any atom is 0.277 e. The third-order valence-electron chi connectivity index (χ3n) is 2.94. The smallest absolute Gasteiger partial charge is 0.277 e. The molecule has 4 nitrogen and oxygen atoms in total. The van der Waals surface area contributed by atoms with Crippen LogP contribution in [-0.2, 0) is 4.79 Å². The first-order chi connectivity index (χ1) is 11.0. The van der Waals surface area contributed by atoms with Gasteiger partial charge in [0.25, 0.3) is 5.91 Å². The van der Waals surface area contributed by atoms with Crippen LogP contribution in [0.5, 0.6) is 5.75 Å². The topological polar surface area (TPSA) is 50.7 Å². The highest BCUT2D eigenvalue weighted by Gasteiger charge is 2.04. The molecule has 6 heteroatoms. The minimum absolute atomic E-state index is 0.122. The average Bonchev–Trinajstić information content (AvgIpc) is 2.48. The second-order valence-electron chi connectivity index (χ2n) is 5.05. The first-order valence-electron chi connectivity index (χ1n) is 6.92. The van der Waals surface area contributed by atoms with Gasteiger partial charge in [0, 0.05) is 5.56 Å².